The summed E-state index contributed by atoms with van der Waals surface area (Å²) in [7, 11) is 1.79. The largest absolute Gasteiger partial charge is 0.478 e. The number of nitrogens with zero attached hydrogens (tertiary/aromatic N) is 2. The maximum absolute atomic E-state index is 10.8. The van der Waals surface area contributed by atoms with Crippen LogP contribution in [0.15, 0.2) is 46.9 Å². The number of hydrogen-bond donors (Lipinski definition) is 1. The van der Waals surface area contributed by atoms with Gasteiger partial charge in [0, 0.05) is 29.3 Å². The second-order valence-corrected chi connectivity index (χ2v) is 5.16. The van der Waals surface area contributed by atoms with Gasteiger partial charge in [-0.05, 0) is 46.3 Å². The molecule has 0 saturated carbocycles. The predicted molar refractivity (Wildman–Crippen MR) is 82.3 cm³/mol. The monoisotopic (exact) mass is 350 g/mol. The van der Waals surface area contributed by atoms with Crippen LogP contribution >= 0.6 is 15.9 Å². The zero-order valence-corrected chi connectivity index (χ0v) is 12.6. The Morgan fingerprint density at radius 3 is 2.33 bits per heavy atom. The zero-order valence-electron chi connectivity index (χ0n) is 11.0. The molecular weight excluding hydrogens is 340 g/mol. The van der Waals surface area contributed by atoms with Gasteiger partial charge in [0.25, 0.3) is 5.69 Å². The molecule has 2 rings (SSSR count). The summed E-state index contributed by atoms with van der Waals surface area (Å²) < 4.78 is 0.585. The average Bonchev–Trinajstić information content (AvgIpc) is 2.46. The van der Waals surface area contributed by atoms with Gasteiger partial charge in [-0.15, -0.1) is 0 Å². The molecule has 21 heavy (non-hydrogen) atoms. The third-order valence-electron chi connectivity index (χ3n) is 3.00. The van der Waals surface area contributed by atoms with Gasteiger partial charge in [0.2, 0.25) is 0 Å². The summed E-state index contributed by atoms with van der Waals surface area (Å²) in [5, 5.41) is 19.6. The summed E-state index contributed by atoms with van der Waals surface area (Å²) in [5.74, 6) is -0.985. The van der Waals surface area contributed by atoms with Crippen molar-refractivity contribution < 1.29 is 14.8 Å². The van der Waals surface area contributed by atoms with Crippen molar-refractivity contribution in [3.8, 4) is 0 Å². The van der Waals surface area contributed by atoms with Crippen LogP contribution in [0.2, 0.25) is 0 Å². The van der Waals surface area contributed by atoms with Crippen molar-refractivity contribution >= 4 is 39.0 Å². The molecule has 1 N–H and O–H groups in total. The molecule has 2 aromatic rings. The van der Waals surface area contributed by atoms with E-state index < -0.39 is 10.9 Å². The molecule has 7 heteroatoms. The fourth-order valence-corrected chi connectivity index (χ4v) is 2.48. The van der Waals surface area contributed by atoms with Crippen LogP contribution in [0.25, 0.3) is 0 Å². The van der Waals surface area contributed by atoms with E-state index in [9.17, 15) is 14.9 Å². The van der Waals surface area contributed by atoms with Gasteiger partial charge in [-0.25, -0.2) is 4.79 Å². The van der Waals surface area contributed by atoms with E-state index in [-0.39, 0.29) is 11.3 Å². The number of anilines is 2. The van der Waals surface area contributed by atoms with Crippen molar-refractivity contribution in [2.45, 2.75) is 0 Å². The molecule has 0 spiro atoms. The molecule has 0 atom stereocenters. The van der Waals surface area contributed by atoms with Gasteiger partial charge >= 0.3 is 5.97 Å². The first-order valence-electron chi connectivity index (χ1n) is 5.91. The van der Waals surface area contributed by atoms with Gasteiger partial charge in [-0.2, -0.15) is 0 Å². The summed E-state index contributed by atoms with van der Waals surface area (Å²) in [5.41, 5.74) is 1.72. The Kier molecular flexibility index (Phi) is 4.23. The Labute approximate surface area is 128 Å². The first-order valence-corrected chi connectivity index (χ1v) is 6.70. The van der Waals surface area contributed by atoms with Gasteiger partial charge in [0.05, 0.1) is 16.2 Å². The number of aromatic carboxylic acids is 1. The molecule has 0 aliphatic heterocycles. The van der Waals surface area contributed by atoms with E-state index in [2.05, 4.69) is 15.9 Å². The molecular formula is C14H11BrN2O4. The van der Waals surface area contributed by atoms with E-state index >= 15 is 0 Å². The summed E-state index contributed by atoms with van der Waals surface area (Å²) >= 11 is 3.31. The van der Waals surface area contributed by atoms with Crippen molar-refractivity contribution in [1.82, 2.24) is 0 Å². The summed E-state index contributed by atoms with van der Waals surface area (Å²) in [6.07, 6.45) is 0. The molecule has 0 fully saturated rings. The molecule has 0 aliphatic carbocycles. The minimum Gasteiger partial charge on any atom is -0.478 e. The second-order valence-electron chi connectivity index (χ2n) is 4.30. The molecule has 0 bridgehead atoms. The molecule has 2 aromatic carbocycles. The zero-order chi connectivity index (χ0) is 15.6. The number of rotatable bonds is 4. The molecule has 0 heterocycles. The molecule has 0 unspecified atom stereocenters. The Hall–Kier alpha value is -2.41. The Morgan fingerprint density at radius 2 is 1.86 bits per heavy atom. The topological polar surface area (TPSA) is 83.7 Å². The van der Waals surface area contributed by atoms with E-state index in [1.54, 1.807) is 30.1 Å². The molecule has 0 amide bonds. The Balaban J connectivity index is 2.33. The maximum atomic E-state index is 10.8. The Morgan fingerprint density at radius 1 is 1.24 bits per heavy atom. The van der Waals surface area contributed by atoms with Crippen molar-refractivity contribution in [3.63, 3.8) is 0 Å². The van der Waals surface area contributed by atoms with Crippen molar-refractivity contribution in [2.75, 3.05) is 11.9 Å². The third-order valence-corrected chi connectivity index (χ3v) is 3.64. The minimum atomic E-state index is -0.985. The van der Waals surface area contributed by atoms with E-state index in [0.29, 0.717) is 4.47 Å². The van der Waals surface area contributed by atoms with E-state index in [1.807, 2.05) is 0 Å². The van der Waals surface area contributed by atoms with Crippen LogP contribution in [-0.4, -0.2) is 23.0 Å². The smallest absolute Gasteiger partial charge is 0.335 e. The van der Waals surface area contributed by atoms with Crippen LogP contribution < -0.4 is 4.90 Å². The van der Waals surface area contributed by atoms with Crippen molar-refractivity contribution in [3.05, 3.63) is 62.6 Å². The van der Waals surface area contributed by atoms with Crippen LogP contribution in [-0.2, 0) is 0 Å². The van der Waals surface area contributed by atoms with Crippen LogP contribution in [0.5, 0.6) is 0 Å². The number of carboxylic acids is 1. The van der Waals surface area contributed by atoms with Crippen LogP contribution in [0.1, 0.15) is 10.4 Å². The number of nitro benzene ring substituents is 1. The third kappa shape index (κ3) is 3.19. The number of carboxylic acid groups (broad SMARTS) is 1. The normalized spacial score (nSPS) is 10.2. The standard InChI is InChI=1S/C14H11BrN2O4/c1-16(10-4-2-9(3-5-10)14(18)19)13-7-6-11(17(20)21)8-12(13)15/h2-8H,1H3,(H,18,19). The predicted octanol–water partition coefficient (Wildman–Crippen LogP) is 3.82. The maximum Gasteiger partial charge on any atom is 0.335 e. The fraction of sp³-hybridized carbons (Fsp3) is 0.0714. The van der Waals surface area contributed by atoms with Crippen molar-refractivity contribution in [2.24, 2.45) is 0 Å². The molecule has 0 radical (unpaired) electrons. The molecule has 108 valence electrons. The van der Waals surface area contributed by atoms with Gasteiger partial charge in [-0.1, -0.05) is 0 Å². The molecule has 0 saturated heterocycles. The van der Waals surface area contributed by atoms with E-state index in [1.165, 1.54) is 24.3 Å². The number of nitro groups is 1. The van der Waals surface area contributed by atoms with Gasteiger partial charge in [0.15, 0.2) is 0 Å². The lowest BCUT2D eigenvalue weighted by Crippen LogP contribution is -2.10. The molecule has 6 nitrogen and oxygen atoms in total. The molecule has 0 aromatic heterocycles. The average molecular weight is 351 g/mol. The first kappa shape index (κ1) is 15.0. The summed E-state index contributed by atoms with van der Waals surface area (Å²) in [6.45, 7) is 0. The van der Waals surface area contributed by atoms with Crippen molar-refractivity contribution in [1.29, 1.82) is 0 Å². The quantitative estimate of drug-likeness (QED) is 0.669. The van der Waals surface area contributed by atoms with E-state index in [0.717, 1.165) is 11.4 Å². The minimum absolute atomic E-state index is 0.000232. The lowest BCUT2D eigenvalue weighted by Gasteiger charge is -2.20. The van der Waals surface area contributed by atoms with Gasteiger partial charge in [-0.3, -0.25) is 10.1 Å². The molecule has 0 aliphatic rings. The highest BCUT2D eigenvalue weighted by Gasteiger charge is 2.13. The number of carbonyl (C=O) groups is 1. The SMILES string of the molecule is CN(c1ccc(C(=O)O)cc1)c1ccc([N+](=O)[O-])cc1Br. The highest BCUT2D eigenvalue weighted by atomic mass is 79.9. The van der Waals surface area contributed by atoms with Gasteiger partial charge < -0.3 is 10.0 Å². The number of hydrogen-bond acceptors (Lipinski definition) is 4. The first-order chi connectivity index (χ1) is 9.90. The lowest BCUT2D eigenvalue weighted by molar-refractivity contribution is -0.384. The fourth-order valence-electron chi connectivity index (χ4n) is 1.85. The second kappa shape index (κ2) is 5.92. The number of non-ortho nitro benzene ring substituents is 1. The highest BCUT2D eigenvalue weighted by Crippen LogP contribution is 2.33. The van der Waals surface area contributed by atoms with Gasteiger partial charge in [0.1, 0.15) is 0 Å². The van der Waals surface area contributed by atoms with Crippen LogP contribution in [0.4, 0.5) is 17.1 Å². The summed E-state index contributed by atoms with van der Waals surface area (Å²) in [6, 6.07) is 10.8. The number of halogens is 1. The summed E-state index contributed by atoms with van der Waals surface area (Å²) in [4.78, 5) is 22.9. The lowest BCUT2D eigenvalue weighted by atomic mass is 10.2. The Bertz CT molecular complexity index is 701. The van der Waals surface area contributed by atoms with Crippen LogP contribution in [0.3, 0.4) is 0 Å². The highest BCUT2D eigenvalue weighted by molar-refractivity contribution is 9.10. The van der Waals surface area contributed by atoms with E-state index in [4.69, 9.17) is 5.11 Å². The number of benzene rings is 2. The van der Waals surface area contributed by atoms with Crippen LogP contribution in [0, 0.1) is 10.1 Å².